The van der Waals surface area contributed by atoms with Crippen molar-refractivity contribution in [2.24, 2.45) is 0 Å². The maximum absolute atomic E-state index is 5.67. The van der Waals surface area contributed by atoms with E-state index in [1.165, 1.54) is 44.9 Å². The number of unbranched alkanes of at least 4 members (excludes halogenated alkanes) is 5. The fraction of sp³-hybridized carbons (Fsp3) is 1.00. The molecule has 16 heavy (non-hydrogen) atoms. The highest BCUT2D eigenvalue weighted by atomic mass is 35.5. The third kappa shape index (κ3) is 7.48. The molecule has 2 nitrogen and oxygen atoms in total. The van der Waals surface area contributed by atoms with Crippen molar-refractivity contribution in [1.29, 1.82) is 0 Å². The van der Waals surface area contributed by atoms with E-state index in [1.807, 2.05) is 0 Å². The predicted molar refractivity (Wildman–Crippen MR) is 68.0 cm³/mol. The van der Waals surface area contributed by atoms with Gasteiger partial charge in [0.25, 0.3) is 0 Å². The molecule has 96 valence electrons. The van der Waals surface area contributed by atoms with Crippen molar-refractivity contribution in [3.8, 4) is 0 Å². The van der Waals surface area contributed by atoms with Gasteiger partial charge in [-0.1, -0.05) is 25.7 Å². The van der Waals surface area contributed by atoms with Crippen molar-refractivity contribution in [2.45, 2.75) is 64.1 Å². The summed E-state index contributed by atoms with van der Waals surface area (Å²) in [6.07, 6.45) is 11.1. The van der Waals surface area contributed by atoms with Crippen LogP contribution in [0.15, 0.2) is 0 Å². The Bertz CT molecular complexity index is 147. The number of ether oxygens (including phenoxy) is 2. The first kappa shape index (κ1) is 14.3. The summed E-state index contributed by atoms with van der Waals surface area (Å²) in [4.78, 5) is 0. The Morgan fingerprint density at radius 3 is 2.44 bits per heavy atom. The zero-order chi connectivity index (χ0) is 11.5. The lowest BCUT2D eigenvalue weighted by Gasteiger charge is -2.22. The van der Waals surface area contributed by atoms with Gasteiger partial charge < -0.3 is 9.47 Å². The monoisotopic (exact) mass is 248 g/mol. The van der Waals surface area contributed by atoms with E-state index < -0.39 is 0 Å². The Labute approximate surface area is 105 Å². The highest BCUT2D eigenvalue weighted by Crippen LogP contribution is 2.14. The van der Waals surface area contributed by atoms with Crippen molar-refractivity contribution < 1.29 is 9.47 Å². The van der Waals surface area contributed by atoms with Crippen LogP contribution in [0.3, 0.4) is 0 Å². The summed E-state index contributed by atoms with van der Waals surface area (Å²) in [5.74, 6) is 0.808. The molecule has 0 aliphatic carbocycles. The zero-order valence-electron chi connectivity index (χ0n) is 10.3. The molecule has 1 rings (SSSR count). The van der Waals surface area contributed by atoms with Crippen LogP contribution < -0.4 is 0 Å². The fourth-order valence-electron chi connectivity index (χ4n) is 1.96. The normalized spacial score (nSPS) is 21.2. The van der Waals surface area contributed by atoms with E-state index in [9.17, 15) is 0 Å². The van der Waals surface area contributed by atoms with Gasteiger partial charge in [-0.05, 0) is 32.1 Å². The minimum atomic E-state index is 0.0880. The van der Waals surface area contributed by atoms with Gasteiger partial charge in [-0.15, -0.1) is 11.6 Å². The van der Waals surface area contributed by atoms with Gasteiger partial charge in [0.05, 0.1) is 0 Å². The van der Waals surface area contributed by atoms with E-state index in [2.05, 4.69) is 0 Å². The van der Waals surface area contributed by atoms with Crippen molar-refractivity contribution in [1.82, 2.24) is 0 Å². The molecule has 1 saturated heterocycles. The van der Waals surface area contributed by atoms with Gasteiger partial charge in [0, 0.05) is 19.1 Å². The summed E-state index contributed by atoms with van der Waals surface area (Å²) in [6.45, 7) is 1.74. The molecule has 1 aliphatic rings. The molecule has 1 fully saturated rings. The first-order valence-electron chi connectivity index (χ1n) is 6.72. The van der Waals surface area contributed by atoms with E-state index in [1.54, 1.807) is 0 Å². The van der Waals surface area contributed by atoms with Crippen LogP contribution in [0.4, 0.5) is 0 Å². The largest absolute Gasteiger partial charge is 0.353 e. The molecule has 0 aromatic heterocycles. The molecular formula is C13H25ClO2. The standard InChI is InChI=1S/C13H25ClO2/c14-10-6-3-1-2-4-7-11-15-13-9-5-8-12-16-13/h13H,1-12H2/t13-/m1/s1. The lowest BCUT2D eigenvalue weighted by atomic mass is 10.1. The smallest absolute Gasteiger partial charge is 0.157 e. The minimum absolute atomic E-state index is 0.0880. The summed E-state index contributed by atoms with van der Waals surface area (Å²) in [5.41, 5.74) is 0. The van der Waals surface area contributed by atoms with Crippen molar-refractivity contribution >= 4 is 11.6 Å². The maximum atomic E-state index is 5.67. The molecule has 0 saturated carbocycles. The molecule has 0 aromatic rings. The van der Waals surface area contributed by atoms with Crippen LogP contribution in [0, 0.1) is 0 Å². The van der Waals surface area contributed by atoms with Crippen molar-refractivity contribution in [3.63, 3.8) is 0 Å². The van der Waals surface area contributed by atoms with Crippen LogP contribution in [0.2, 0.25) is 0 Å². The van der Waals surface area contributed by atoms with Gasteiger partial charge in [-0.3, -0.25) is 0 Å². The van der Waals surface area contributed by atoms with Gasteiger partial charge in [-0.2, -0.15) is 0 Å². The summed E-state index contributed by atoms with van der Waals surface area (Å²) < 4.78 is 11.2. The number of rotatable bonds is 9. The van der Waals surface area contributed by atoms with Crippen molar-refractivity contribution in [3.05, 3.63) is 0 Å². The fourth-order valence-corrected chi connectivity index (χ4v) is 2.15. The van der Waals surface area contributed by atoms with E-state index in [0.29, 0.717) is 0 Å². The number of alkyl halides is 1. The van der Waals surface area contributed by atoms with E-state index >= 15 is 0 Å². The third-order valence-corrected chi connectivity index (χ3v) is 3.24. The topological polar surface area (TPSA) is 18.5 Å². The second-order valence-electron chi connectivity index (χ2n) is 4.48. The summed E-state index contributed by atoms with van der Waals surface area (Å²) in [7, 11) is 0. The Morgan fingerprint density at radius 1 is 1.00 bits per heavy atom. The molecule has 0 unspecified atom stereocenters. The Hall–Kier alpha value is 0.210. The first-order chi connectivity index (χ1) is 7.93. The maximum Gasteiger partial charge on any atom is 0.157 e. The van der Waals surface area contributed by atoms with Crippen LogP contribution in [0.5, 0.6) is 0 Å². The predicted octanol–water partition coefficient (Wildman–Crippen LogP) is 4.11. The lowest BCUT2D eigenvalue weighted by Crippen LogP contribution is -2.22. The SMILES string of the molecule is ClCCCCCCCCO[C@H]1CCCCO1. The lowest BCUT2D eigenvalue weighted by molar-refractivity contribution is -0.162. The van der Waals surface area contributed by atoms with Gasteiger partial charge >= 0.3 is 0 Å². The molecular weight excluding hydrogens is 224 g/mol. The average molecular weight is 249 g/mol. The summed E-state index contributed by atoms with van der Waals surface area (Å²) in [6, 6.07) is 0. The molecule has 1 atom stereocenters. The molecule has 0 spiro atoms. The number of hydrogen-bond acceptors (Lipinski definition) is 2. The van der Waals surface area contributed by atoms with Gasteiger partial charge in [-0.25, -0.2) is 0 Å². The van der Waals surface area contributed by atoms with Crippen LogP contribution in [0.25, 0.3) is 0 Å². The number of hydrogen-bond donors (Lipinski definition) is 0. The molecule has 0 N–H and O–H groups in total. The second kappa shape index (κ2) is 10.4. The van der Waals surface area contributed by atoms with Crippen LogP contribution in [-0.4, -0.2) is 25.4 Å². The molecule has 0 radical (unpaired) electrons. The van der Waals surface area contributed by atoms with Crippen LogP contribution in [-0.2, 0) is 9.47 Å². The molecule has 1 heterocycles. The molecule has 0 aromatic carbocycles. The third-order valence-electron chi connectivity index (χ3n) is 2.97. The number of halogens is 1. The highest BCUT2D eigenvalue weighted by molar-refractivity contribution is 6.17. The van der Waals surface area contributed by atoms with Crippen LogP contribution >= 0.6 is 11.6 Å². The van der Waals surface area contributed by atoms with Gasteiger partial charge in [0.15, 0.2) is 6.29 Å². The van der Waals surface area contributed by atoms with E-state index in [0.717, 1.165) is 31.9 Å². The second-order valence-corrected chi connectivity index (χ2v) is 4.86. The van der Waals surface area contributed by atoms with Crippen LogP contribution in [0.1, 0.15) is 57.8 Å². The molecule has 1 aliphatic heterocycles. The quantitative estimate of drug-likeness (QED) is 0.452. The minimum Gasteiger partial charge on any atom is -0.353 e. The molecule has 0 bridgehead atoms. The summed E-state index contributed by atoms with van der Waals surface area (Å²) in [5, 5.41) is 0. The van der Waals surface area contributed by atoms with Gasteiger partial charge in [0.2, 0.25) is 0 Å². The molecule has 3 heteroatoms. The Balaban J connectivity index is 1.77. The average Bonchev–Trinajstić information content (AvgIpc) is 2.34. The molecule has 0 amide bonds. The highest BCUT2D eigenvalue weighted by Gasteiger charge is 2.12. The van der Waals surface area contributed by atoms with Gasteiger partial charge in [0.1, 0.15) is 0 Å². The van der Waals surface area contributed by atoms with Crippen molar-refractivity contribution in [2.75, 3.05) is 19.1 Å². The Morgan fingerprint density at radius 2 is 1.75 bits per heavy atom. The Kier molecular flexibility index (Phi) is 9.25. The first-order valence-corrected chi connectivity index (χ1v) is 7.26. The summed E-state index contributed by atoms with van der Waals surface area (Å²) >= 11 is 5.62. The van der Waals surface area contributed by atoms with E-state index in [4.69, 9.17) is 21.1 Å². The zero-order valence-corrected chi connectivity index (χ0v) is 11.0. The van der Waals surface area contributed by atoms with E-state index in [-0.39, 0.29) is 6.29 Å².